The van der Waals surface area contributed by atoms with E-state index < -0.39 is 0 Å². The number of imide groups is 1. The molecule has 0 saturated carbocycles. The number of carbonyl (C=O) groups excluding carboxylic acids is 2. The van der Waals surface area contributed by atoms with Crippen molar-refractivity contribution in [2.45, 2.75) is 26.2 Å². The average molecular weight is 231 g/mol. The Balaban J connectivity index is 2.13. The predicted octanol–water partition coefficient (Wildman–Crippen LogP) is 2.40. The molecule has 1 heterocycles. The molecule has 0 aliphatic carbocycles. The minimum atomic E-state index is -0.219. The van der Waals surface area contributed by atoms with Gasteiger partial charge in [0.2, 0.25) is 0 Å². The third-order valence-electron chi connectivity index (χ3n) is 1.73. The molecule has 1 aliphatic rings. The summed E-state index contributed by atoms with van der Waals surface area (Å²) in [4.78, 5) is 22.2. The van der Waals surface area contributed by atoms with Gasteiger partial charge in [0, 0.05) is 28.9 Å². The van der Waals surface area contributed by atoms with E-state index in [0.717, 1.165) is 12.2 Å². The van der Waals surface area contributed by atoms with Crippen LogP contribution in [0.25, 0.3) is 0 Å². The minimum absolute atomic E-state index is 0.219. The van der Waals surface area contributed by atoms with Crippen LogP contribution in [0, 0.1) is 0 Å². The molecule has 0 fully saturated rings. The molecule has 2 amide bonds. The largest absolute Gasteiger partial charge is 0.268 e. The molecule has 0 bridgehead atoms. The Bertz CT molecular complexity index is 235. The van der Waals surface area contributed by atoms with E-state index in [2.05, 4.69) is 6.92 Å². The van der Waals surface area contributed by atoms with Gasteiger partial charge in [-0.15, -0.1) is 0 Å². The van der Waals surface area contributed by atoms with Gasteiger partial charge in [-0.3, -0.25) is 9.59 Å². The lowest BCUT2D eigenvalue weighted by Gasteiger charge is -2.10. The Labute approximate surface area is 91.8 Å². The van der Waals surface area contributed by atoms with Crippen LogP contribution in [0.1, 0.15) is 26.2 Å². The Hall–Kier alpha value is -0.420. The summed E-state index contributed by atoms with van der Waals surface area (Å²) in [5.74, 6) is 0.543. The molecule has 0 aromatic carbocycles. The van der Waals surface area contributed by atoms with Gasteiger partial charge in [0.1, 0.15) is 0 Å². The summed E-state index contributed by atoms with van der Waals surface area (Å²) >= 11 is 0. The van der Waals surface area contributed by atoms with Crippen molar-refractivity contribution in [1.29, 1.82) is 0 Å². The lowest BCUT2D eigenvalue weighted by atomic mass is 10.3. The van der Waals surface area contributed by atoms with Gasteiger partial charge in [-0.1, -0.05) is 30.6 Å². The zero-order valence-corrected chi connectivity index (χ0v) is 9.70. The van der Waals surface area contributed by atoms with Crippen LogP contribution in [0.4, 0.5) is 0 Å². The van der Waals surface area contributed by atoms with Gasteiger partial charge in [-0.05, 0) is 6.42 Å². The monoisotopic (exact) mass is 231 g/mol. The highest BCUT2D eigenvalue weighted by atomic mass is 33.1. The van der Waals surface area contributed by atoms with Crippen molar-refractivity contribution in [2.24, 2.45) is 0 Å². The highest BCUT2D eigenvalue weighted by Crippen LogP contribution is 2.29. The molecule has 1 rings (SSSR count). The van der Waals surface area contributed by atoms with Gasteiger partial charge in [0.25, 0.3) is 11.8 Å². The van der Waals surface area contributed by atoms with E-state index in [1.165, 1.54) is 40.3 Å². The number of carbonyl (C=O) groups is 2. The fourth-order valence-electron chi connectivity index (χ4n) is 0.961. The van der Waals surface area contributed by atoms with Gasteiger partial charge in [0.05, 0.1) is 0 Å². The summed E-state index contributed by atoms with van der Waals surface area (Å²) in [6.45, 7) is 2.15. The minimum Gasteiger partial charge on any atom is -0.268 e. The summed E-state index contributed by atoms with van der Waals surface area (Å²) in [5.41, 5.74) is 0. The van der Waals surface area contributed by atoms with Crippen LogP contribution in [0.5, 0.6) is 0 Å². The molecule has 0 aromatic heterocycles. The lowest BCUT2D eigenvalue weighted by molar-refractivity contribution is -0.130. The highest BCUT2D eigenvalue weighted by molar-refractivity contribution is 8.76. The van der Waals surface area contributed by atoms with E-state index in [1.54, 1.807) is 10.8 Å². The van der Waals surface area contributed by atoms with E-state index in [0.29, 0.717) is 0 Å². The predicted molar refractivity (Wildman–Crippen MR) is 60.6 cm³/mol. The second-order valence-electron chi connectivity index (χ2n) is 2.91. The molecule has 3 nitrogen and oxygen atoms in total. The first-order valence-electron chi connectivity index (χ1n) is 4.61. The normalized spacial score (nSPS) is 15.6. The summed E-state index contributed by atoms with van der Waals surface area (Å²) < 4.78 is 1.19. The van der Waals surface area contributed by atoms with Crippen molar-refractivity contribution in [3.8, 4) is 0 Å². The molecular weight excluding hydrogens is 218 g/mol. The van der Waals surface area contributed by atoms with E-state index >= 15 is 0 Å². The molecule has 0 spiro atoms. The quantitative estimate of drug-likeness (QED) is 0.304. The van der Waals surface area contributed by atoms with E-state index in [1.807, 2.05) is 0 Å². The summed E-state index contributed by atoms with van der Waals surface area (Å²) in [5, 5.41) is 0. The second-order valence-corrected chi connectivity index (χ2v) is 5.22. The maximum atomic E-state index is 11.1. The standard InChI is InChI=1S/C9H13NO2S2/c1-2-3-4-7-13-14-10-8(11)5-6-9(10)12/h5-6H,2-4,7H2,1H3. The van der Waals surface area contributed by atoms with Crippen molar-refractivity contribution < 1.29 is 9.59 Å². The summed E-state index contributed by atoms with van der Waals surface area (Å²) in [6.07, 6.45) is 6.14. The van der Waals surface area contributed by atoms with Gasteiger partial charge in [-0.25, -0.2) is 4.31 Å². The smallest absolute Gasteiger partial charge is 0.264 e. The van der Waals surface area contributed by atoms with Crippen LogP contribution in [0.2, 0.25) is 0 Å². The van der Waals surface area contributed by atoms with Gasteiger partial charge < -0.3 is 0 Å². The first-order chi connectivity index (χ1) is 6.75. The number of hydrogen-bond donors (Lipinski definition) is 0. The van der Waals surface area contributed by atoms with Crippen molar-refractivity contribution in [3.05, 3.63) is 12.2 Å². The second kappa shape index (κ2) is 6.14. The fourth-order valence-corrected chi connectivity index (χ4v) is 3.07. The van der Waals surface area contributed by atoms with Crippen LogP contribution in [-0.4, -0.2) is 21.9 Å². The van der Waals surface area contributed by atoms with Gasteiger partial charge in [-0.2, -0.15) is 0 Å². The van der Waals surface area contributed by atoms with Crippen molar-refractivity contribution >= 4 is 33.6 Å². The Morgan fingerprint density at radius 2 is 1.86 bits per heavy atom. The maximum absolute atomic E-state index is 11.1. The van der Waals surface area contributed by atoms with E-state index in [4.69, 9.17) is 0 Å². The Morgan fingerprint density at radius 1 is 1.21 bits per heavy atom. The molecule has 1 aliphatic heterocycles. The molecule has 0 unspecified atom stereocenters. The van der Waals surface area contributed by atoms with Gasteiger partial charge in [0.15, 0.2) is 0 Å². The third kappa shape index (κ3) is 3.38. The van der Waals surface area contributed by atoms with Crippen LogP contribution in [0.15, 0.2) is 12.2 Å². The van der Waals surface area contributed by atoms with Gasteiger partial charge >= 0.3 is 0 Å². The maximum Gasteiger partial charge on any atom is 0.264 e. The SMILES string of the molecule is CCCCCSSN1C(=O)C=CC1=O. The molecular formula is C9H13NO2S2. The Kier molecular flexibility index (Phi) is 5.11. The molecule has 0 aromatic rings. The van der Waals surface area contributed by atoms with Crippen molar-refractivity contribution in [1.82, 2.24) is 4.31 Å². The number of rotatable bonds is 6. The highest BCUT2D eigenvalue weighted by Gasteiger charge is 2.23. The molecule has 14 heavy (non-hydrogen) atoms. The summed E-state index contributed by atoms with van der Waals surface area (Å²) in [7, 11) is 2.80. The van der Waals surface area contributed by atoms with E-state index in [9.17, 15) is 9.59 Å². The molecule has 78 valence electrons. The lowest BCUT2D eigenvalue weighted by Crippen LogP contribution is -2.21. The number of amides is 2. The molecule has 0 saturated heterocycles. The van der Waals surface area contributed by atoms with Crippen LogP contribution in [-0.2, 0) is 9.59 Å². The molecule has 5 heteroatoms. The molecule has 0 atom stereocenters. The molecule has 0 radical (unpaired) electrons. The number of nitrogens with zero attached hydrogens (tertiary/aromatic N) is 1. The average Bonchev–Trinajstić information content (AvgIpc) is 2.48. The van der Waals surface area contributed by atoms with Crippen molar-refractivity contribution in [2.75, 3.05) is 5.75 Å². The zero-order valence-electron chi connectivity index (χ0n) is 8.06. The number of unbranched alkanes of at least 4 members (excludes halogenated alkanes) is 2. The fraction of sp³-hybridized carbons (Fsp3) is 0.556. The first kappa shape index (κ1) is 11.7. The van der Waals surface area contributed by atoms with Crippen molar-refractivity contribution in [3.63, 3.8) is 0 Å². The topological polar surface area (TPSA) is 37.4 Å². The van der Waals surface area contributed by atoms with Crippen LogP contribution < -0.4 is 0 Å². The van der Waals surface area contributed by atoms with Crippen LogP contribution >= 0.6 is 21.8 Å². The third-order valence-corrected chi connectivity index (χ3v) is 4.06. The summed E-state index contributed by atoms with van der Waals surface area (Å²) in [6, 6.07) is 0. The first-order valence-corrected chi connectivity index (χ1v) is 6.89. The Morgan fingerprint density at radius 3 is 2.43 bits per heavy atom. The van der Waals surface area contributed by atoms with E-state index in [-0.39, 0.29) is 11.8 Å². The van der Waals surface area contributed by atoms with Crippen LogP contribution in [0.3, 0.4) is 0 Å². The number of hydrogen-bond acceptors (Lipinski definition) is 4. The zero-order chi connectivity index (χ0) is 10.4. The molecule has 0 N–H and O–H groups in total.